The second kappa shape index (κ2) is 9.72. The predicted octanol–water partition coefficient (Wildman–Crippen LogP) is 3.18. The fourth-order valence-electron chi connectivity index (χ4n) is 2.48. The molecule has 0 saturated carbocycles. The van der Waals surface area contributed by atoms with Crippen LogP contribution in [0.5, 0.6) is 5.75 Å². The van der Waals surface area contributed by atoms with Gasteiger partial charge in [0, 0.05) is 25.6 Å². The van der Waals surface area contributed by atoms with Gasteiger partial charge in [-0.1, -0.05) is 18.2 Å². The third kappa shape index (κ3) is 6.63. The lowest BCUT2D eigenvalue weighted by Crippen LogP contribution is -2.31. The van der Waals surface area contributed by atoms with E-state index in [4.69, 9.17) is 4.74 Å². The lowest BCUT2D eigenvalue weighted by atomic mass is 10.1. The Balaban J connectivity index is 1.81. The Hall–Kier alpha value is -3.36. The summed E-state index contributed by atoms with van der Waals surface area (Å²) >= 11 is 0. The fourth-order valence-corrected chi connectivity index (χ4v) is 2.48. The molecule has 2 aromatic carbocycles. The van der Waals surface area contributed by atoms with Crippen LogP contribution in [0.25, 0.3) is 0 Å². The van der Waals surface area contributed by atoms with E-state index >= 15 is 0 Å². The Bertz CT molecular complexity index is 897. The van der Waals surface area contributed by atoms with Gasteiger partial charge in [-0.25, -0.2) is 0 Å². The van der Waals surface area contributed by atoms with E-state index in [0.717, 1.165) is 12.1 Å². The first-order valence-corrected chi connectivity index (χ1v) is 8.69. The van der Waals surface area contributed by atoms with Crippen molar-refractivity contribution in [3.8, 4) is 5.75 Å². The van der Waals surface area contributed by atoms with Gasteiger partial charge in [0.1, 0.15) is 5.75 Å². The third-order valence-corrected chi connectivity index (χ3v) is 3.76. The van der Waals surface area contributed by atoms with Gasteiger partial charge in [0.05, 0.1) is 11.1 Å². The highest BCUT2D eigenvalue weighted by atomic mass is 19.4. The van der Waals surface area contributed by atoms with Crippen molar-refractivity contribution in [2.24, 2.45) is 0 Å². The van der Waals surface area contributed by atoms with Crippen LogP contribution in [-0.4, -0.2) is 30.9 Å². The molecule has 0 heterocycles. The second-order valence-electron chi connectivity index (χ2n) is 6.03. The molecule has 2 N–H and O–H groups in total. The van der Waals surface area contributed by atoms with Gasteiger partial charge in [0.2, 0.25) is 0 Å². The van der Waals surface area contributed by atoms with Gasteiger partial charge in [-0.2, -0.15) is 13.2 Å². The fraction of sp³-hybridized carbons (Fsp3) is 0.250. The maximum atomic E-state index is 12.9. The smallest absolute Gasteiger partial charge is 0.417 e. The molecule has 0 aliphatic rings. The topological polar surface area (TPSA) is 84.5 Å². The number of benzene rings is 2. The van der Waals surface area contributed by atoms with Gasteiger partial charge in [0.25, 0.3) is 11.8 Å². The zero-order chi connectivity index (χ0) is 21.4. The van der Waals surface area contributed by atoms with Crippen molar-refractivity contribution in [2.75, 3.05) is 13.1 Å². The lowest BCUT2D eigenvalue weighted by Gasteiger charge is -2.12. The number of alkyl halides is 3. The summed E-state index contributed by atoms with van der Waals surface area (Å²) in [6.07, 6.45) is -4.31. The van der Waals surface area contributed by atoms with Gasteiger partial charge >= 0.3 is 12.1 Å². The van der Waals surface area contributed by atoms with Crippen molar-refractivity contribution in [1.82, 2.24) is 10.6 Å². The van der Waals surface area contributed by atoms with E-state index in [-0.39, 0.29) is 24.4 Å². The summed E-state index contributed by atoms with van der Waals surface area (Å²) in [5, 5.41) is 5.03. The van der Waals surface area contributed by atoms with Crippen molar-refractivity contribution in [3.63, 3.8) is 0 Å². The minimum absolute atomic E-state index is 0.0821. The number of ether oxygens (including phenoxy) is 1. The number of nitrogens with one attached hydrogen (secondary N) is 2. The zero-order valence-electron chi connectivity index (χ0n) is 15.5. The molecule has 2 amide bonds. The highest BCUT2D eigenvalue weighted by molar-refractivity contribution is 5.96. The highest BCUT2D eigenvalue weighted by Crippen LogP contribution is 2.31. The van der Waals surface area contributed by atoms with Crippen molar-refractivity contribution in [1.29, 1.82) is 0 Å². The van der Waals surface area contributed by atoms with E-state index in [2.05, 4.69) is 10.6 Å². The van der Waals surface area contributed by atoms with E-state index < -0.39 is 35.1 Å². The summed E-state index contributed by atoms with van der Waals surface area (Å²) in [5.41, 5.74) is -1.17. The number of amides is 2. The number of hydrogen-bond donors (Lipinski definition) is 2. The van der Waals surface area contributed by atoms with E-state index in [1.807, 2.05) is 0 Å². The van der Waals surface area contributed by atoms with Crippen molar-refractivity contribution in [2.45, 2.75) is 19.5 Å². The van der Waals surface area contributed by atoms with Gasteiger partial charge < -0.3 is 15.4 Å². The van der Waals surface area contributed by atoms with Crippen LogP contribution in [0.1, 0.15) is 39.6 Å². The van der Waals surface area contributed by atoms with Crippen LogP contribution in [0, 0.1) is 0 Å². The Morgan fingerprint density at radius 2 is 1.59 bits per heavy atom. The number of rotatable bonds is 7. The van der Waals surface area contributed by atoms with Gasteiger partial charge in [-0.3, -0.25) is 14.4 Å². The summed E-state index contributed by atoms with van der Waals surface area (Å²) < 4.78 is 43.7. The molecule has 9 heteroatoms. The molecule has 2 rings (SSSR count). The van der Waals surface area contributed by atoms with Gasteiger partial charge in [0.15, 0.2) is 0 Å². The molecule has 154 valence electrons. The highest BCUT2D eigenvalue weighted by Gasteiger charge is 2.34. The number of carbonyl (C=O) groups is 3. The first-order chi connectivity index (χ1) is 13.7. The van der Waals surface area contributed by atoms with Crippen molar-refractivity contribution >= 4 is 17.8 Å². The molecule has 0 radical (unpaired) electrons. The predicted molar refractivity (Wildman–Crippen MR) is 98.5 cm³/mol. The van der Waals surface area contributed by atoms with Crippen LogP contribution in [0.3, 0.4) is 0 Å². The molecular formula is C20H19F3N2O4. The summed E-state index contributed by atoms with van der Waals surface area (Å²) in [7, 11) is 0. The Morgan fingerprint density at radius 3 is 2.24 bits per heavy atom. The van der Waals surface area contributed by atoms with Crippen molar-refractivity contribution < 1.29 is 32.3 Å². The van der Waals surface area contributed by atoms with Gasteiger partial charge in [-0.05, 0) is 36.8 Å². The quantitative estimate of drug-likeness (QED) is 0.419. The first kappa shape index (κ1) is 21.9. The maximum Gasteiger partial charge on any atom is 0.417 e. The van der Waals surface area contributed by atoms with Crippen LogP contribution in [-0.2, 0) is 11.0 Å². The first-order valence-electron chi connectivity index (χ1n) is 8.69. The summed E-state index contributed by atoms with van der Waals surface area (Å²) in [6.45, 7) is 1.52. The average Bonchev–Trinajstić information content (AvgIpc) is 2.66. The van der Waals surface area contributed by atoms with E-state index in [9.17, 15) is 27.6 Å². The van der Waals surface area contributed by atoms with Crippen LogP contribution >= 0.6 is 0 Å². The monoisotopic (exact) mass is 408 g/mol. The molecule has 0 aromatic heterocycles. The second-order valence-corrected chi connectivity index (χ2v) is 6.03. The average molecular weight is 408 g/mol. The summed E-state index contributed by atoms with van der Waals surface area (Å²) in [6, 6.07) is 10.6. The summed E-state index contributed by atoms with van der Waals surface area (Å²) in [5.74, 6) is -1.52. The minimum Gasteiger partial charge on any atom is -0.427 e. The van der Waals surface area contributed by atoms with Crippen LogP contribution in [0.2, 0.25) is 0 Å². The van der Waals surface area contributed by atoms with E-state index in [1.54, 1.807) is 6.07 Å². The van der Waals surface area contributed by atoms with Crippen LogP contribution in [0.4, 0.5) is 13.2 Å². The molecule has 0 atom stereocenters. The SMILES string of the molecule is CC(=O)Oc1cccc(C(=O)NCCCNC(=O)c2ccccc2C(F)(F)F)c1. The Labute approximate surface area is 165 Å². The summed E-state index contributed by atoms with van der Waals surface area (Å²) in [4.78, 5) is 35.1. The number of halogens is 3. The van der Waals surface area contributed by atoms with E-state index in [1.165, 1.54) is 37.3 Å². The molecular weight excluding hydrogens is 389 g/mol. The molecule has 0 aliphatic heterocycles. The van der Waals surface area contributed by atoms with Gasteiger partial charge in [-0.15, -0.1) is 0 Å². The van der Waals surface area contributed by atoms with Crippen LogP contribution < -0.4 is 15.4 Å². The maximum absolute atomic E-state index is 12.9. The van der Waals surface area contributed by atoms with Crippen molar-refractivity contribution in [3.05, 3.63) is 65.2 Å². The molecule has 2 aromatic rings. The number of esters is 1. The molecule has 29 heavy (non-hydrogen) atoms. The Kier molecular flexibility index (Phi) is 7.35. The molecule has 0 bridgehead atoms. The molecule has 0 saturated heterocycles. The third-order valence-electron chi connectivity index (χ3n) is 3.76. The lowest BCUT2D eigenvalue weighted by molar-refractivity contribution is -0.138. The molecule has 6 nitrogen and oxygen atoms in total. The number of carbonyl (C=O) groups excluding carboxylic acids is 3. The normalized spacial score (nSPS) is 10.9. The number of hydrogen-bond acceptors (Lipinski definition) is 4. The molecule has 0 fully saturated rings. The minimum atomic E-state index is -4.62. The van der Waals surface area contributed by atoms with Crippen LogP contribution in [0.15, 0.2) is 48.5 Å². The standard InChI is InChI=1S/C20H19F3N2O4/c1-13(26)29-15-7-4-6-14(12-15)18(27)24-10-5-11-25-19(28)16-8-2-3-9-17(16)20(21,22)23/h2-4,6-9,12H,5,10-11H2,1H3,(H,24,27)(H,25,28). The largest absolute Gasteiger partial charge is 0.427 e. The Morgan fingerprint density at radius 1 is 0.931 bits per heavy atom. The van der Waals surface area contributed by atoms with E-state index in [0.29, 0.717) is 6.42 Å². The molecule has 0 unspecified atom stereocenters. The zero-order valence-corrected chi connectivity index (χ0v) is 15.5. The molecule has 0 aliphatic carbocycles. The molecule has 0 spiro atoms.